The number of hydrogen-bond donors (Lipinski definition) is 0. The van der Waals surface area contributed by atoms with Gasteiger partial charge in [-0.15, -0.1) is 0 Å². The predicted octanol–water partition coefficient (Wildman–Crippen LogP) is 3.67. The van der Waals surface area contributed by atoms with E-state index in [1.807, 2.05) is 0 Å². The van der Waals surface area contributed by atoms with Crippen LogP contribution in [0.4, 0.5) is 8.78 Å². The summed E-state index contributed by atoms with van der Waals surface area (Å²) in [6.45, 7) is 0. The zero-order valence-electron chi connectivity index (χ0n) is 7.86. The molecule has 0 aromatic carbocycles. The summed E-state index contributed by atoms with van der Waals surface area (Å²) in [5.74, 6) is -3.11. The van der Waals surface area contributed by atoms with Crippen LogP contribution in [-0.2, 0) is 4.79 Å². The Bertz CT molecular complexity index is 249. The van der Waals surface area contributed by atoms with Crippen molar-refractivity contribution in [2.45, 2.75) is 44.4 Å². The lowest BCUT2D eigenvalue weighted by atomic mass is 10.0. The molecule has 0 aliphatic heterocycles. The van der Waals surface area contributed by atoms with Gasteiger partial charge in [-0.25, -0.2) is 8.78 Å². The predicted molar refractivity (Wildman–Crippen MR) is 51.6 cm³/mol. The number of Topliss-reactive ketones (excluding diaryl/α,β-unsaturated/α-hetero) is 1. The Morgan fingerprint density at radius 3 is 2.71 bits per heavy atom. The van der Waals surface area contributed by atoms with Crippen molar-refractivity contribution in [3.8, 4) is 0 Å². The first-order valence-corrected chi connectivity index (χ1v) is 5.16. The van der Waals surface area contributed by atoms with Crippen molar-refractivity contribution in [1.29, 1.82) is 0 Å². The molecule has 0 fully saturated rings. The zero-order valence-corrected chi connectivity index (χ0v) is 8.62. The van der Waals surface area contributed by atoms with Crippen LogP contribution in [0.2, 0.25) is 0 Å². The minimum Gasteiger partial charge on any atom is -0.300 e. The van der Waals surface area contributed by atoms with Crippen LogP contribution in [-0.4, -0.2) is 11.7 Å². The fourth-order valence-electron chi connectivity index (χ4n) is 1.39. The maximum atomic E-state index is 13.2. The highest BCUT2D eigenvalue weighted by Crippen LogP contribution is 2.33. The van der Waals surface area contributed by atoms with Crippen LogP contribution in [0.25, 0.3) is 0 Å². The van der Waals surface area contributed by atoms with E-state index in [1.54, 1.807) is 0 Å². The van der Waals surface area contributed by atoms with Crippen LogP contribution in [0.5, 0.6) is 0 Å². The van der Waals surface area contributed by atoms with Crippen LogP contribution in [0, 0.1) is 0 Å². The molecular weight excluding hydrogens is 210 g/mol. The highest BCUT2D eigenvalue weighted by molar-refractivity contribution is 6.30. The smallest absolute Gasteiger partial charge is 0.283 e. The summed E-state index contributed by atoms with van der Waals surface area (Å²) >= 11 is 5.46. The van der Waals surface area contributed by atoms with E-state index in [0.29, 0.717) is 12.8 Å². The fourth-order valence-corrected chi connectivity index (χ4v) is 1.59. The summed E-state index contributed by atoms with van der Waals surface area (Å²) in [4.78, 5) is 11.1. The Labute approximate surface area is 87.1 Å². The van der Waals surface area contributed by atoms with E-state index in [0.717, 1.165) is 12.8 Å². The molecule has 0 radical (unpaired) electrons. The number of carbonyl (C=O) groups is 1. The van der Waals surface area contributed by atoms with Crippen LogP contribution in [0.3, 0.4) is 0 Å². The summed E-state index contributed by atoms with van der Waals surface area (Å²) in [6, 6.07) is 0. The Balaban J connectivity index is 2.69. The van der Waals surface area contributed by atoms with Crippen LogP contribution in [0.15, 0.2) is 11.1 Å². The number of alkyl halides is 2. The second-order valence-electron chi connectivity index (χ2n) is 3.54. The van der Waals surface area contributed by atoms with Gasteiger partial charge in [0.05, 0.1) is 5.03 Å². The van der Waals surface area contributed by atoms with E-state index in [9.17, 15) is 13.6 Å². The van der Waals surface area contributed by atoms with Crippen molar-refractivity contribution in [2.75, 3.05) is 0 Å². The molecule has 4 heteroatoms. The Kier molecular flexibility index (Phi) is 4.05. The van der Waals surface area contributed by atoms with Gasteiger partial charge in [-0.3, -0.25) is 4.79 Å². The number of halogens is 3. The lowest BCUT2D eigenvalue weighted by Gasteiger charge is -2.16. The molecule has 0 saturated heterocycles. The molecule has 1 aliphatic rings. The van der Waals surface area contributed by atoms with Crippen molar-refractivity contribution >= 4 is 17.4 Å². The highest BCUT2D eigenvalue weighted by Gasteiger charge is 2.33. The van der Waals surface area contributed by atoms with E-state index in [-0.39, 0.29) is 12.2 Å². The summed E-state index contributed by atoms with van der Waals surface area (Å²) in [5, 5.41) is -0.410. The molecule has 1 rings (SSSR count). The lowest BCUT2D eigenvalue weighted by Crippen LogP contribution is -2.18. The summed E-state index contributed by atoms with van der Waals surface area (Å²) < 4.78 is 26.3. The fraction of sp³-hybridized carbons (Fsp3) is 0.700. The Morgan fingerprint density at radius 1 is 1.29 bits per heavy atom. The summed E-state index contributed by atoms with van der Waals surface area (Å²) in [5.41, 5.74) is 0. The molecule has 0 aromatic heterocycles. The van der Waals surface area contributed by atoms with Crippen molar-refractivity contribution in [3.05, 3.63) is 11.1 Å². The number of allylic oxidation sites excluding steroid dienone is 2. The molecule has 80 valence electrons. The first kappa shape index (κ1) is 11.6. The zero-order chi connectivity index (χ0) is 10.6. The van der Waals surface area contributed by atoms with Crippen LogP contribution in [0.1, 0.15) is 38.5 Å². The van der Waals surface area contributed by atoms with Gasteiger partial charge >= 0.3 is 0 Å². The van der Waals surface area contributed by atoms with Gasteiger partial charge in [-0.1, -0.05) is 17.7 Å². The monoisotopic (exact) mass is 222 g/mol. The van der Waals surface area contributed by atoms with Gasteiger partial charge in [0.15, 0.2) is 0 Å². The van der Waals surface area contributed by atoms with E-state index in [4.69, 9.17) is 11.6 Å². The van der Waals surface area contributed by atoms with Gasteiger partial charge < -0.3 is 0 Å². The molecule has 0 atom stereocenters. The molecule has 0 saturated carbocycles. The molecule has 1 aliphatic carbocycles. The Hall–Kier alpha value is -0.440. The van der Waals surface area contributed by atoms with Crippen molar-refractivity contribution in [3.63, 3.8) is 0 Å². The standard InChI is InChI=1S/C10H13ClF2O/c11-9-5-3-1-2-4-8(14)6-7-10(9,12)13/h5H,1-4,6-7H2/b9-5-. The minimum absolute atomic E-state index is 0.0724. The second-order valence-corrected chi connectivity index (χ2v) is 3.95. The summed E-state index contributed by atoms with van der Waals surface area (Å²) in [7, 11) is 0. The Morgan fingerprint density at radius 2 is 2.00 bits per heavy atom. The van der Waals surface area contributed by atoms with E-state index < -0.39 is 17.4 Å². The van der Waals surface area contributed by atoms with Gasteiger partial charge in [0.1, 0.15) is 5.78 Å². The third-order valence-corrected chi connectivity index (χ3v) is 2.73. The molecular formula is C10H13ClF2O. The lowest BCUT2D eigenvalue weighted by molar-refractivity contribution is -0.120. The maximum Gasteiger partial charge on any atom is 0.283 e. The SMILES string of the molecule is O=C1CCCC/C=C(\Cl)C(F)(F)CC1. The number of rotatable bonds is 0. The van der Waals surface area contributed by atoms with E-state index in [2.05, 4.69) is 0 Å². The molecule has 14 heavy (non-hydrogen) atoms. The quantitative estimate of drug-likeness (QED) is 0.611. The molecule has 0 aromatic rings. The van der Waals surface area contributed by atoms with Crippen molar-refractivity contribution < 1.29 is 13.6 Å². The molecule has 1 nitrogen and oxygen atoms in total. The first-order chi connectivity index (χ1) is 6.52. The molecule has 0 amide bonds. The van der Waals surface area contributed by atoms with Crippen molar-refractivity contribution in [2.24, 2.45) is 0 Å². The normalized spacial score (nSPS) is 27.9. The van der Waals surface area contributed by atoms with Crippen molar-refractivity contribution in [1.82, 2.24) is 0 Å². The minimum atomic E-state index is -3.02. The van der Waals surface area contributed by atoms with Gasteiger partial charge in [-0.05, 0) is 19.3 Å². The summed E-state index contributed by atoms with van der Waals surface area (Å²) in [6.07, 6.45) is 3.31. The third kappa shape index (κ3) is 3.37. The number of hydrogen-bond acceptors (Lipinski definition) is 1. The van der Waals surface area contributed by atoms with Gasteiger partial charge in [0.25, 0.3) is 5.92 Å². The van der Waals surface area contributed by atoms with E-state index >= 15 is 0 Å². The molecule has 0 N–H and O–H groups in total. The first-order valence-electron chi connectivity index (χ1n) is 4.78. The third-order valence-electron chi connectivity index (χ3n) is 2.30. The largest absolute Gasteiger partial charge is 0.300 e. The second kappa shape index (κ2) is 4.87. The maximum absolute atomic E-state index is 13.2. The molecule has 0 spiro atoms. The van der Waals surface area contributed by atoms with Crippen LogP contribution >= 0.6 is 11.6 Å². The highest BCUT2D eigenvalue weighted by atomic mass is 35.5. The number of ketones is 1. The van der Waals surface area contributed by atoms with Crippen LogP contribution < -0.4 is 0 Å². The number of carbonyl (C=O) groups excluding carboxylic acids is 1. The molecule has 0 unspecified atom stereocenters. The molecule has 0 bridgehead atoms. The van der Waals surface area contributed by atoms with Gasteiger partial charge in [0.2, 0.25) is 0 Å². The van der Waals surface area contributed by atoms with E-state index in [1.165, 1.54) is 6.08 Å². The van der Waals surface area contributed by atoms with Gasteiger partial charge in [0, 0.05) is 19.3 Å². The average molecular weight is 223 g/mol. The topological polar surface area (TPSA) is 17.1 Å². The molecule has 0 heterocycles. The van der Waals surface area contributed by atoms with Gasteiger partial charge in [-0.2, -0.15) is 0 Å². The average Bonchev–Trinajstić information content (AvgIpc) is 2.13.